The molecule has 2 rings (SSSR count). The van der Waals surface area contributed by atoms with Crippen LogP contribution < -0.4 is 11.1 Å². The maximum Gasteiger partial charge on any atom is 0.252 e. The van der Waals surface area contributed by atoms with Gasteiger partial charge in [-0.1, -0.05) is 79.8 Å². The summed E-state index contributed by atoms with van der Waals surface area (Å²) in [6, 6.07) is 15.9. The summed E-state index contributed by atoms with van der Waals surface area (Å²) in [5.74, 6) is -0.520. The average molecular weight is 432 g/mol. The van der Waals surface area contributed by atoms with Crippen LogP contribution in [0.1, 0.15) is 42.5 Å². The lowest BCUT2D eigenvalue weighted by Gasteiger charge is -2.16. The molecule has 0 saturated heterocycles. The Hall–Kier alpha value is -3.60. The molecule has 0 spiro atoms. The first-order chi connectivity index (χ1) is 15.3. The van der Waals surface area contributed by atoms with Gasteiger partial charge in [0.05, 0.1) is 12.0 Å². The lowest BCUT2D eigenvalue weighted by atomic mass is 10.1. The molecule has 0 heterocycles. The van der Waals surface area contributed by atoms with Crippen LogP contribution in [0.3, 0.4) is 0 Å². The number of hydrogen-bond donors (Lipinski definition) is 2. The van der Waals surface area contributed by atoms with Gasteiger partial charge in [0.25, 0.3) is 5.91 Å². The van der Waals surface area contributed by atoms with Gasteiger partial charge in [-0.15, -0.1) is 0 Å². The minimum Gasteiger partial charge on any atom is -0.375 e. The summed E-state index contributed by atoms with van der Waals surface area (Å²) >= 11 is 0. The molecular formula is C27H33N3O2. The van der Waals surface area contributed by atoms with Crippen LogP contribution in [0.25, 0.3) is 6.08 Å². The zero-order valence-electron chi connectivity index (χ0n) is 19.2. The molecule has 5 heteroatoms. The highest BCUT2D eigenvalue weighted by atomic mass is 16.2. The predicted molar refractivity (Wildman–Crippen MR) is 131 cm³/mol. The monoisotopic (exact) mass is 431 g/mol. The molecule has 2 aromatic rings. The lowest BCUT2D eigenvalue weighted by Crippen LogP contribution is -2.25. The number of nitrogens with two attached hydrogens (primary N) is 1. The minimum atomic E-state index is -0.348. The number of allylic oxidation sites excluding steroid dienone is 1. The van der Waals surface area contributed by atoms with Crippen molar-refractivity contribution in [3.05, 3.63) is 101 Å². The van der Waals surface area contributed by atoms with Crippen LogP contribution in [-0.4, -0.2) is 23.8 Å². The van der Waals surface area contributed by atoms with E-state index in [1.165, 1.54) is 5.57 Å². The maximum atomic E-state index is 12.6. The summed E-state index contributed by atoms with van der Waals surface area (Å²) in [6.07, 6.45) is 6.77. The predicted octanol–water partition coefficient (Wildman–Crippen LogP) is 4.35. The number of carbonyl (C=O) groups is 2. The van der Waals surface area contributed by atoms with E-state index < -0.39 is 0 Å². The third-order valence-electron chi connectivity index (χ3n) is 5.08. The first-order valence-electron chi connectivity index (χ1n) is 10.8. The molecule has 168 valence electrons. The normalized spacial score (nSPS) is 11.7. The molecule has 32 heavy (non-hydrogen) atoms. The Kier molecular flexibility index (Phi) is 9.48. The summed E-state index contributed by atoms with van der Waals surface area (Å²) in [4.78, 5) is 25.5. The number of nitrogens with zero attached hydrogens (tertiary/aromatic N) is 1. The quantitative estimate of drug-likeness (QED) is 0.410. The van der Waals surface area contributed by atoms with Crippen LogP contribution in [-0.2, 0) is 29.1 Å². The summed E-state index contributed by atoms with van der Waals surface area (Å²) in [7, 11) is 1.90. The third kappa shape index (κ3) is 8.26. The van der Waals surface area contributed by atoms with E-state index in [1.807, 2.05) is 48.3 Å². The molecule has 0 aliphatic carbocycles. The number of primary amides is 1. The van der Waals surface area contributed by atoms with Crippen LogP contribution >= 0.6 is 0 Å². The second-order valence-corrected chi connectivity index (χ2v) is 7.93. The van der Waals surface area contributed by atoms with Gasteiger partial charge in [0, 0.05) is 26.3 Å². The van der Waals surface area contributed by atoms with Gasteiger partial charge >= 0.3 is 0 Å². The van der Waals surface area contributed by atoms with Gasteiger partial charge in [-0.25, -0.2) is 0 Å². The van der Waals surface area contributed by atoms with Crippen molar-refractivity contribution >= 4 is 17.9 Å². The fraction of sp³-hybridized carbons (Fsp3) is 0.259. The smallest absolute Gasteiger partial charge is 0.252 e. The van der Waals surface area contributed by atoms with Crippen molar-refractivity contribution in [2.45, 2.75) is 39.8 Å². The summed E-state index contributed by atoms with van der Waals surface area (Å²) in [5.41, 5.74) is 11.2. The molecule has 3 N–H and O–H groups in total. The number of carbonyl (C=O) groups excluding carboxylic acids is 2. The van der Waals surface area contributed by atoms with E-state index in [9.17, 15) is 9.59 Å². The van der Waals surface area contributed by atoms with E-state index in [0.717, 1.165) is 28.7 Å². The van der Waals surface area contributed by atoms with Gasteiger partial charge in [-0.3, -0.25) is 9.59 Å². The van der Waals surface area contributed by atoms with E-state index >= 15 is 0 Å². The standard InChI is InChI=1S/C27H33N3O2/c1-5-20(3)15-21-7-11-23(12-8-21)17-29-27(32)25(6-2)19-30(4)18-24-13-9-22(10-14-24)16-26(28)31/h6-15,19H,2,5,16-18H2,1,3-4H3,(H2,28,31)(H,29,32)/b20-15?,25-19+. The zero-order valence-corrected chi connectivity index (χ0v) is 19.2. The fourth-order valence-corrected chi connectivity index (χ4v) is 3.14. The van der Waals surface area contributed by atoms with Crippen molar-refractivity contribution in [3.63, 3.8) is 0 Å². The first kappa shape index (κ1) is 24.7. The SMILES string of the molecule is C=C/C(=C\N(C)Cc1ccc(CC(N)=O)cc1)C(=O)NCc1ccc(C=C(C)CC)cc1. The van der Waals surface area contributed by atoms with Crippen molar-refractivity contribution in [1.29, 1.82) is 0 Å². The topological polar surface area (TPSA) is 75.4 Å². The Morgan fingerprint density at radius 1 is 1.03 bits per heavy atom. The lowest BCUT2D eigenvalue weighted by molar-refractivity contribution is -0.118. The van der Waals surface area contributed by atoms with Gasteiger partial charge in [-0.05, 0) is 35.6 Å². The van der Waals surface area contributed by atoms with Crippen LogP contribution in [0.4, 0.5) is 0 Å². The zero-order chi connectivity index (χ0) is 23.5. The molecule has 0 aliphatic rings. The van der Waals surface area contributed by atoms with Gasteiger partial charge in [0.1, 0.15) is 0 Å². The average Bonchev–Trinajstić information content (AvgIpc) is 2.77. The molecule has 0 radical (unpaired) electrons. The van der Waals surface area contributed by atoms with Crippen LogP contribution in [0.2, 0.25) is 0 Å². The Morgan fingerprint density at radius 3 is 2.19 bits per heavy atom. The highest BCUT2D eigenvalue weighted by Crippen LogP contribution is 2.12. The molecule has 0 fully saturated rings. The number of amides is 2. The van der Waals surface area contributed by atoms with Crippen molar-refractivity contribution in [3.8, 4) is 0 Å². The second-order valence-electron chi connectivity index (χ2n) is 7.93. The maximum absolute atomic E-state index is 12.6. The Labute approximate surface area is 191 Å². The van der Waals surface area contributed by atoms with Crippen molar-refractivity contribution in [1.82, 2.24) is 10.2 Å². The van der Waals surface area contributed by atoms with Gasteiger partial charge in [-0.2, -0.15) is 0 Å². The first-order valence-corrected chi connectivity index (χ1v) is 10.8. The van der Waals surface area contributed by atoms with Crippen LogP contribution in [0.5, 0.6) is 0 Å². The second kappa shape index (κ2) is 12.3. The van der Waals surface area contributed by atoms with E-state index in [1.54, 1.807) is 12.3 Å². The Morgan fingerprint density at radius 2 is 1.62 bits per heavy atom. The number of nitrogens with one attached hydrogen (secondary N) is 1. The van der Waals surface area contributed by atoms with E-state index in [-0.39, 0.29) is 18.2 Å². The summed E-state index contributed by atoms with van der Waals surface area (Å²) in [6.45, 7) is 9.10. The Bertz CT molecular complexity index is 987. The highest BCUT2D eigenvalue weighted by molar-refractivity contribution is 5.95. The molecule has 0 aliphatic heterocycles. The molecule has 0 saturated carbocycles. The van der Waals surface area contributed by atoms with Crippen molar-refractivity contribution < 1.29 is 9.59 Å². The van der Waals surface area contributed by atoms with E-state index in [0.29, 0.717) is 18.7 Å². The number of hydrogen-bond acceptors (Lipinski definition) is 3. The fourth-order valence-electron chi connectivity index (χ4n) is 3.14. The van der Waals surface area contributed by atoms with Crippen molar-refractivity contribution in [2.24, 2.45) is 5.73 Å². The largest absolute Gasteiger partial charge is 0.375 e. The van der Waals surface area contributed by atoms with Gasteiger partial charge < -0.3 is 16.0 Å². The van der Waals surface area contributed by atoms with E-state index in [2.05, 4.69) is 44.0 Å². The molecule has 5 nitrogen and oxygen atoms in total. The molecule has 0 aromatic heterocycles. The molecular weight excluding hydrogens is 398 g/mol. The van der Waals surface area contributed by atoms with Crippen molar-refractivity contribution in [2.75, 3.05) is 7.05 Å². The highest BCUT2D eigenvalue weighted by Gasteiger charge is 2.08. The minimum absolute atomic E-state index is 0.172. The van der Waals surface area contributed by atoms with Crippen LogP contribution in [0, 0.1) is 0 Å². The number of rotatable bonds is 11. The van der Waals surface area contributed by atoms with Gasteiger partial charge in [0.2, 0.25) is 5.91 Å². The third-order valence-corrected chi connectivity index (χ3v) is 5.08. The molecule has 0 unspecified atom stereocenters. The summed E-state index contributed by atoms with van der Waals surface area (Å²) in [5, 5.41) is 2.95. The molecule has 2 aromatic carbocycles. The summed E-state index contributed by atoms with van der Waals surface area (Å²) < 4.78 is 0. The molecule has 2 amide bonds. The van der Waals surface area contributed by atoms with Gasteiger partial charge in [0.15, 0.2) is 0 Å². The molecule has 0 atom stereocenters. The molecule has 0 bridgehead atoms. The number of benzene rings is 2. The van der Waals surface area contributed by atoms with E-state index in [4.69, 9.17) is 5.73 Å². The van der Waals surface area contributed by atoms with Crippen LogP contribution in [0.15, 0.2) is 78.5 Å². The Balaban J connectivity index is 1.93.